The molecule has 1 aliphatic heterocycles. The molecule has 2 heterocycles. The third-order valence-corrected chi connectivity index (χ3v) is 4.98. The van der Waals surface area contributed by atoms with Crippen LogP contribution in [0.15, 0.2) is 24.4 Å². The highest BCUT2D eigenvalue weighted by Gasteiger charge is 2.41. The van der Waals surface area contributed by atoms with Crippen LogP contribution in [-0.4, -0.2) is 55.9 Å². The molecule has 3 N–H and O–H groups in total. The molecule has 2 amide bonds. The van der Waals surface area contributed by atoms with Gasteiger partial charge in [-0.2, -0.15) is 0 Å². The predicted octanol–water partition coefficient (Wildman–Crippen LogP) is 1.60. The Bertz CT molecular complexity index is 907. The van der Waals surface area contributed by atoms with Gasteiger partial charge in [0.15, 0.2) is 6.17 Å². The van der Waals surface area contributed by atoms with Crippen LogP contribution in [0.1, 0.15) is 23.7 Å². The molecule has 3 rings (SSSR count). The van der Waals surface area contributed by atoms with Gasteiger partial charge in [0.05, 0.1) is 18.2 Å². The Kier molecular flexibility index (Phi) is 6.48. The molecule has 0 spiro atoms. The van der Waals surface area contributed by atoms with Gasteiger partial charge in [-0.25, -0.2) is 9.37 Å². The summed E-state index contributed by atoms with van der Waals surface area (Å²) < 4.78 is 30.4. The summed E-state index contributed by atoms with van der Waals surface area (Å²) >= 11 is 0. The largest absolute Gasteiger partial charge is 0.490 e. The Labute approximate surface area is 167 Å². The first kappa shape index (κ1) is 20.8. The molecule has 1 saturated heterocycles. The van der Waals surface area contributed by atoms with Gasteiger partial charge >= 0.3 is 0 Å². The van der Waals surface area contributed by atoms with Gasteiger partial charge in [-0.05, 0) is 30.0 Å². The van der Waals surface area contributed by atoms with Gasteiger partial charge in [0.25, 0.3) is 11.8 Å². The maximum absolute atomic E-state index is 14.0. The number of benzene rings is 1. The smallest absolute Gasteiger partial charge is 0.255 e. The molecule has 0 aliphatic carbocycles. The number of fused-ring (bicyclic) bond motifs is 1. The van der Waals surface area contributed by atoms with E-state index in [1.54, 1.807) is 25.3 Å². The standard InChI is InChI=1S/C20H24FN3O5/c1-3-12-15(24-19(26)17(12)21)10-29-20-13-9-16(28-7-6-27-2)14(18(22)25)8-11(13)4-5-23-20/h4-5,8-9,12,15,17H,3,6-7,10H2,1-2H3,(H2,22,25)(H,24,26)/t12-,15+,17-/m0/s1. The Morgan fingerprint density at radius 2 is 2.10 bits per heavy atom. The third kappa shape index (κ3) is 4.40. The molecule has 1 aromatic heterocycles. The summed E-state index contributed by atoms with van der Waals surface area (Å²) in [5, 5.41) is 3.93. The van der Waals surface area contributed by atoms with Gasteiger partial charge < -0.3 is 25.3 Å². The van der Waals surface area contributed by atoms with Crippen LogP contribution in [0, 0.1) is 5.92 Å². The summed E-state index contributed by atoms with van der Waals surface area (Å²) in [6.45, 7) is 2.49. The molecule has 3 atom stereocenters. The predicted molar refractivity (Wildman–Crippen MR) is 104 cm³/mol. The van der Waals surface area contributed by atoms with Crippen molar-refractivity contribution in [3.63, 3.8) is 0 Å². The molecular weight excluding hydrogens is 381 g/mol. The number of rotatable bonds is 9. The number of nitrogens with two attached hydrogens (primary N) is 1. The molecule has 1 aromatic carbocycles. The van der Waals surface area contributed by atoms with Crippen molar-refractivity contribution in [1.29, 1.82) is 0 Å². The quantitative estimate of drug-likeness (QED) is 0.613. The van der Waals surface area contributed by atoms with Crippen LogP contribution < -0.4 is 20.5 Å². The number of alkyl halides is 1. The topological polar surface area (TPSA) is 113 Å². The SMILES string of the molecule is CC[C@@H]1[C@H](F)C(=O)N[C@@H]1COc1nccc2cc(C(N)=O)c(OCCOC)cc12. The monoisotopic (exact) mass is 405 g/mol. The van der Waals surface area contributed by atoms with E-state index >= 15 is 0 Å². The number of halogens is 1. The van der Waals surface area contributed by atoms with Crippen molar-refractivity contribution in [2.24, 2.45) is 11.7 Å². The molecule has 29 heavy (non-hydrogen) atoms. The second-order valence-electron chi connectivity index (χ2n) is 6.79. The number of methoxy groups -OCH3 is 1. The van der Waals surface area contributed by atoms with Crippen LogP contribution in [0.3, 0.4) is 0 Å². The summed E-state index contributed by atoms with van der Waals surface area (Å²) in [6, 6.07) is 4.52. The average Bonchev–Trinajstić information content (AvgIpc) is 2.98. The molecule has 0 radical (unpaired) electrons. The fourth-order valence-corrected chi connectivity index (χ4v) is 3.43. The molecular formula is C20H24FN3O5. The maximum atomic E-state index is 14.0. The van der Waals surface area contributed by atoms with E-state index in [0.717, 1.165) is 0 Å². The number of ether oxygens (including phenoxy) is 3. The fourth-order valence-electron chi connectivity index (χ4n) is 3.43. The number of nitrogens with zero attached hydrogens (tertiary/aromatic N) is 1. The van der Waals surface area contributed by atoms with Crippen molar-refractivity contribution in [1.82, 2.24) is 10.3 Å². The zero-order chi connectivity index (χ0) is 21.0. The highest BCUT2D eigenvalue weighted by Crippen LogP contribution is 2.32. The highest BCUT2D eigenvalue weighted by molar-refractivity contribution is 6.01. The van der Waals surface area contributed by atoms with Gasteiger partial charge in [0.1, 0.15) is 19.0 Å². The highest BCUT2D eigenvalue weighted by atomic mass is 19.1. The zero-order valence-electron chi connectivity index (χ0n) is 16.3. The Balaban J connectivity index is 1.87. The summed E-state index contributed by atoms with van der Waals surface area (Å²) in [5.74, 6) is -1.10. The van der Waals surface area contributed by atoms with Crippen LogP contribution in [0.4, 0.5) is 4.39 Å². The Morgan fingerprint density at radius 3 is 2.79 bits per heavy atom. The lowest BCUT2D eigenvalue weighted by atomic mass is 9.97. The molecule has 8 nitrogen and oxygen atoms in total. The normalized spacial score (nSPS) is 21.2. The summed E-state index contributed by atoms with van der Waals surface area (Å²) in [7, 11) is 1.54. The first-order chi connectivity index (χ1) is 14.0. The minimum Gasteiger partial charge on any atom is -0.490 e. The Morgan fingerprint density at radius 1 is 1.31 bits per heavy atom. The van der Waals surface area contributed by atoms with Crippen molar-refractivity contribution >= 4 is 22.6 Å². The molecule has 156 valence electrons. The molecule has 1 aliphatic rings. The van der Waals surface area contributed by atoms with Gasteiger partial charge in [0.2, 0.25) is 5.88 Å². The van der Waals surface area contributed by atoms with Crippen molar-refractivity contribution in [2.45, 2.75) is 25.6 Å². The first-order valence-electron chi connectivity index (χ1n) is 9.37. The minimum atomic E-state index is -1.53. The number of primary amides is 1. The number of nitrogens with one attached hydrogen (secondary N) is 1. The second-order valence-corrected chi connectivity index (χ2v) is 6.79. The lowest BCUT2D eigenvalue weighted by Crippen LogP contribution is -2.34. The van der Waals surface area contributed by atoms with E-state index in [-0.39, 0.29) is 18.8 Å². The van der Waals surface area contributed by atoms with E-state index in [1.807, 2.05) is 6.92 Å². The molecule has 0 unspecified atom stereocenters. The van der Waals surface area contributed by atoms with E-state index in [2.05, 4.69) is 10.3 Å². The van der Waals surface area contributed by atoms with Gasteiger partial charge in [-0.1, -0.05) is 6.92 Å². The molecule has 0 bridgehead atoms. The van der Waals surface area contributed by atoms with Crippen LogP contribution >= 0.6 is 0 Å². The number of pyridine rings is 1. The van der Waals surface area contributed by atoms with Crippen LogP contribution in [-0.2, 0) is 9.53 Å². The van der Waals surface area contributed by atoms with Crippen molar-refractivity contribution in [3.05, 3.63) is 30.0 Å². The number of aromatic nitrogens is 1. The number of amides is 2. The minimum absolute atomic E-state index is 0.0776. The van der Waals surface area contributed by atoms with Crippen molar-refractivity contribution < 1.29 is 28.2 Å². The molecule has 0 saturated carbocycles. The zero-order valence-corrected chi connectivity index (χ0v) is 16.3. The number of carbonyl (C=O) groups excluding carboxylic acids is 2. The summed E-state index contributed by atoms with van der Waals surface area (Å²) in [6.07, 6.45) is 0.514. The second kappa shape index (κ2) is 9.04. The number of hydrogen-bond acceptors (Lipinski definition) is 6. The summed E-state index contributed by atoms with van der Waals surface area (Å²) in [4.78, 5) is 27.7. The molecule has 9 heteroatoms. The van der Waals surface area contributed by atoms with Crippen LogP contribution in [0.25, 0.3) is 10.8 Å². The number of carbonyl (C=O) groups is 2. The van der Waals surface area contributed by atoms with E-state index in [4.69, 9.17) is 19.9 Å². The Hall–Kier alpha value is -2.94. The third-order valence-electron chi connectivity index (χ3n) is 4.98. The first-order valence-corrected chi connectivity index (χ1v) is 9.37. The van der Waals surface area contributed by atoms with E-state index in [9.17, 15) is 14.0 Å². The fraction of sp³-hybridized carbons (Fsp3) is 0.450. The van der Waals surface area contributed by atoms with E-state index in [1.165, 1.54) is 6.20 Å². The van der Waals surface area contributed by atoms with Crippen molar-refractivity contribution in [2.75, 3.05) is 26.9 Å². The van der Waals surface area contributed by atoms with Crippen molar-refractivity contribution in [3.8, 4) is 11.6 Å². The van der Waals surface area contributed by atoms with Gasteiger partial charge in [0, 0.05) is 24.6 Å². The lowest BCUT2D eigenvalue weighted by Gasteiger charge is -2.19. The van der Waals surface area contributed by atoms with E-state index < -0.39 is 29.9 Å². The lowest BCUT2D eigenvalue weighted by molar-refractivity contribution is -0.123. The van der Waals surface area contributed by atoms with Crippen LogP contribution in [0.2, 0.25) is 0 Å². The van der Waals surface area contributed by atoms with Gasteiger partial charge in [-0.3, -0.25) is 9.59 Å². The van der Waals surface area contributed by atoms with E-state index in [0.29, 0.717) is 35.4 Å². The number of hydrogen-bond donors (Lipinski definition) is 2. The maximum Gasteiger partial charge on any atom is 0.255 e. The van der Waals surface area contributed by atoms with Crippen LogP contribution in [0.5, 0.6) is 11.6 Å². The van der Waals surface area contributed by atoms with Gasteiger partial charge in [-0.15, -0.1) is 0 Å². The average molecular weight is 405 g/mol. The molecule has 1 fully saturated rings. The summed E-state index contributed by atoms with van der Waals surface area (Å²) in [5.41, 5.74) is 5.71. The molecule has 2 aromatic rings.